The van der Waals surface area contributed by atoms with Crippen LogP contribution in [0.3, 0.4) is 0 Å². The summed E-state index contributed by atoms with van der Waals surface area (Å²) in [6.07, 6.45) is 1.64. The Morgan fingerprint density at radius 2 is 2.29 bits per heavy atom. The third-order valence-electron chi connectivity index (χ3n) is 2.92. The van der Waals surface area contributed by atoms with E-state index in [9.17, 15) is 0 Å². The van der Waals surface area contributed by atoms with E-state index < -0.39 is 6.61 Å². The van der Waals surface area contributed by atoms with Crippen LogP contribution in [0.4, 0.5) is 5.95 Å². The van der Waals surface area contributed by atoms with Crippen molar-refractivity contribution in [3.05, 3.63) is 23.3 Å². The van der Waals surface area contributed by atoms with Crippen LogP contribution in [0.5, 0.6) is 0 Å². The van der Waals surface area contributed by atoms with Crippen molar-refractivity contribution in [3.63, 3.8) is 0 Å². The van der Waals surface area contributed by atoms with Gasteiger partial charge in [0.05, 0.1) is 30.5 Å². The van der Waals surface area contributed by atoms with Crippen LogP contribution in [0, 0.1) is 12.3 Å². The summed E-state index contributed by atoms with van der Waals surface area (Å²) in [7, 11) is 3.12. The van der Waals surface area contributed by atoms with Crippen molar-refractivity contribution in [2.24, 2.45) is 12.8 Å². The molecule has 0 bridgehead atoms. The topological polar surface area (TPSA) is 135 Å². The van der Waals surface area contributed by atoms with Crippen molar-refractivity contribution < 1.29 is 9.84 Å². The molecule has 0 radical (unpaired) electrons. The summed E-state index contributed by atoms with van der Waals surface area (Å²) in [6.45, 7) is 1.45. The molecule has 21 heavy (non-hydrogen) atoms. The number of nitrogens with one attached hydrogen (secondary N) is 2. The fraction of sp³-hybridized carbons (Fsp3) is 0.333. The van der Waals surface area contributed by atoms with Gasteiger partial charge in [0.2, 0.25) is 11.8 Å². The largest absolute Gasteiger partial charge is 0.480 e. The third-order valence-corrected chi connectivity index (χ3v) is 2.92. The molecule has 2 aromatic rings. The molecule has 0 atom stereocenters. The van der Waals surface area contributed by atoms with E-state index >= 15 is 0 Å². The molecule has 0 unspecified atom stereocenters. The van der Waals surface area contributed by atoms with Gasteiger partial charge in [0.1, 0.15) is 5.70 Å². The number of ether oxygens (including phenoxy) is 1. The summed E-state index contributed by atoms with van der Waals surface area (Å²) in [4.78, 5) is 8.48. The number of aliphatic hydroxyl groups excluding tert-OH is 1. The summed E-state index contributed by atoms with van der Waals surface area (Å²) in [5.74, 6) is 0.0186. The average Bonchev–Trinajstić information content (AvgIpc) is 2.77. The van der Waals surface area contributed by atoms with E-state index in [1.165, 1.54) is 7.11 Å². The van der Waals surface area contributed by atoms with Crippen LogP contribution >= 0.6 is 0 Å². The number of hydrogen-bond acceptors (Lipinski definition) is 8. The number of nitrogens with zero attached hydrogens (tertiary/aromatic N) is 4. The van der Waals surface area contributed by atoms with Gasteiger partial charge in [-0.25, -0.2) is 4.98 Å². The van der Waals surface area contributed by atoms with Gasteiger partial charge in [-0.3, -0.25) is 10.1 Å². The summed E-state index contributed by atoms with van der Waals surface area (Å²) >= 11 is 0. The second kappa shape index (κ2) is 5.75. The van der Waals surface area contributed by atoms with Gasteiger partial charge >= 0.3 is 0 Å². The quantitative estimate of drug-likeness (QED) is 0.455. The zero-order chi connectivity index (χ0) is 15.6. The number of rotatable bonds is 4. The predicted molar refractivity (Wildman–Crippen MR) is 77.7 cm³/mol. The minimum Gasteiger partial charge on any atom is -0.480 e. The molecule has 0 saturated heterocycles. The van der Waals surface area contributed by atoms with Gasteiger partial charge in [0, 0.05) is 13.2 Å². The van der Waals surface area contributed by atoms with Crippen molar-refractivity contribution in [3.8, 4) is 0 Å². The highest BCUT2D eigenvalue weighted by Crippen LogP contribution is 2.16. The first-order valence-corrected chi connectivity index (χ1v) is 6.13. The number of methoxy groups -OCH3 is 1. The van der Waals surface area contributed by atoms with Gasteiger partial charge in [-0.05, 0) is 6.92 Å². The van der Waals surface area contributed by atoms with Crippen LogP contribution in [-0.2, 0) is 11.8 Å². The first-order chi connectivity index (χ1) is 9.97. The molecule has 0 amide bonds. The molecule has 2 aromatic heterocycles. The van der Waals surface area contributed by atoms with Crippen LogP contribution in [-0.4, -0.2) is 44.5 Å². The van der Waals surface area contributed by atoms with Crippen molar-refractivity contribution in [1.82, 2.24) is 19.7 Å². The Morgan fingerprint density at radius 3 is 2.90 bits per heavy atom. The molecule has 0 aliphatic carbocycles. The lowest BCUT2D eigenvalue weighted by atomic mass is 10.3. The van der Waals surface area contributed by atoms with E-state index in [0.717, 1.165) is 11.1 Å². The lowest BCUT2D eigenvalue weighted by molar-refractivity contribution is 0.327. The van der Waals surface area contributed by atoms with E-state index in [1.807, 2.05) is 6.92 Å². The fourth-order valence-electron chi connectivity index (χ4n) is 1.84. The normalized spacial score (nSPS) is 12.2. The molecule has 0 fully saturated rings. The monoisotopic (exact) mass is 291 g/mol. The molecular formula is C12H17N7O2. The molecule has 2 rings (SSSR count). The van der Waals surface area contributed by atoms with Gasteiger partial charge in [0.15, 0.2) is 5.65 Å². The zero-order valence-corrected chi connectivity index (χ0v) is 12.0. The Kier molecular flexibility index (Phi) is 4.03. The van der Waals surface area contributed by atoms with Crippen LogP contribution in [0.15, 0.2) is 17.6 Å². The standard InChI is InChI=1S/C12H17N7O2/c1-6-7-4-15-12(17-11(7)19(2)18-6)16-9(8(13)5-20)10(14)21-3/h4,14,20H,5,13H2,1-3H3,(H,15,16,17)/b9-8+,14-10?. The maximum Gasteiger partial charge on any atom is 0.231 e. The predicted octanol–water partition coefficient (Wildman–Crippen LogP) is -0.130. The SMILES string of the molecule is COC(=N)/C(Nc1ncc2c(C)nn(C)c2n1)=C(\N)CO. The maximum absolute atomic E-state index is 9.12. The van der Waals surface area contributed by atoms with Gasteiger partial charge < -0.3 is 20.9 Å². The first kappa shape index (κ1) is 14.7. The molecule has 2 heterocycles. The number of aryl methyl sites for hydroxylation is 2. The highest BCUT2D eigenvalue weighted by Gasteiger charge is 2.14. The van der Waals surface area contributed by atoms with Crippen molar-refractivity contribution >= 4 is 22.9 Å². The van der Waals surface area contributed by atoms with E-state index in [2.05, 4.69) is 20.4 Å². The number of anilines is 1. The molecule has 0 spiro atoms. The minimum absolute atomic E-state index is 0.0618. The van der Waals surface area contributed by atoms with Crippen molar-refractivity contribution in [1.29, 1.82) is 5.41 Å². The van der Waals surface area contributed by atoms with Crippen molar-refractivity contribution in [2.75, 3.05) is 19.0 Å². The number of fused-ring (bicyclic) bond motifs is 1. The number of aliphatic hydroxyl groups is 1. The average molecular weight is 291 g/mol. The highest BCUT2D eigenvalue weighted by atomic mass is 16.5. The molecule has 0 aliphatic heterocycles. The molecule has 9 nitrogen and oxygen atoms in total. The first-order valence-electron chi connectivity index (χ1n) is 6.13. The summed E-state index contributed by atoms with van der Waals surface area (Å²) in [6, 6.07) is 0. The van der Waals surface area contributed by atoms with E-state index in [-0.39, 0.29) is 23.2 Å². The van der Waals surface area contributed by atoms with Gasteiger partial charge in [-0.2, -0.15) is 10.1 Å². The van der Waals surface area contributed by atoms with E-state index in [0.29, 0.717) is 5.65 Å². The molecule has 9 heteroatoms. The molecule has 0 saturated carbocycles. The van der Waals surface area contributed by atoms with Crippen LogP contribution in [0.2, 0.25) is 0 Å². The maximum atomic E-state index is 9.12. The zero-order valence-electron chi connectivity index (χ0n) is 12.0. The summed E-state index contributed by atoms with van der Waals surface area (Å²) in [5, 5.41) is 24.7. The van der Waals surface area contributed by atoms with Gasteiger partial charge in [-0.1, -0.05) is 0 Å². The minimum atomic E-state index is -0.416. The lowest BCUT2D eigenvalue weighted by Gasteiger charge is -2.12. The molecule has 112 valence electrons. The molecular weight excluding hydrogens is 274 g/mol. The lowest BCUT2D eigenvalue weighted by Crippen LogP contribution is -2.21. The van der Waals surface area contributed by atoms with E-state index in [1.54, 1.807) is 17.9 Å². The molecule has 0 aromatic carbocycles. The Balaban J connectivity index is 2.42. The third kappa shape index (κ3) is 2.77. The Bertz CT molecular complexity index is 720. The number of aromatic nitrogens is 4. The van der Waals surface area contributed by atoms with Crippen LogP contribution in [0.1, 0.15) is 5.69 Å². The summed E-state index contributed by atoms with van der Waals surface area (Å²) in [5.41, 5.74) is 7.32. The summed E-state index contributed by atoms with van der Waals surface area (Å²) < 4.78 is 6.46. The van der Waals surface area contributed by atoms with E-state index in [4.69, 9.17) is 21.0 Å². The van der Waals surface area contributed by atoms with Crippen molar-refractivity contribution in [2.45, 2.75) is 6.92 Å². The highest BCUT2D eigenvalue weighted by molar-refractivity contribution is 5.94. The smallest absolute Gasteiger partial charge is 0.231 e. The Hall–Kier alpha value is -2.68. The molecule has 0 aliphatic rings. The van der Waals surface area contributed by atoms with Gasteiger partial charge in [-0.15, -0.1) is 0 Å². The van der Waals surface area contributed by atoms with Gasteiger partial charge in [0.25, 0.3) is 0 Å². The second-order valence-corrected chi connectivity index (χ2v) is 4.36. The van der Waals surface area contributed by atoms with Crippen LogP contribution in [0.25, 0.3) is 11.0 Å². The van der Waals surface area contributed by atoms with Crippen LogP contribution < -0.4 is 11.1 Å². The Labute approximate surface area is 121 Å². The Morgan fingerprint density at radius 1 is 1.57 bits per heavy atom. The second-order valence-electron chi connectivity index (χ2n) is 4.36. The number of hydrogen-bond donors (Lipinski definition) is 4. The fourth-order valence-corrected chi connectivity index (χ4v) is 1.84. The molecule has 5 N–H and O–H groups in total. The number of nitrogens with two attached hydrogens (primary N) is 1.